The predicted octanol–water partition coefficient (Wildman–Crippen LogP) is 4.17. The normalized spacial score (nSPS) is 11.2. The molecule has 4 rings (SSSR count). The van der Waals surface area contributed by atoms with E-state index in [0.717, 1.165) is 27.3 Å². The number of aromatic nitrogens is 1. The molecule has 0 atom stereocenters. The van der Waals surface area contributed by atoms with Gasteiger partial charge in [-0.25, -0.2) is 0 Å². The van der Waals surface area contributed by atoms with Crippen molar-refractivity contribution in [3.63, 3.8) is 0 Å². The van der Waals surface area contributed by atoms with Gasteiger partial charge < -0.3 is 13.7 Å². The minimum absolute atomic E-state index is 0.104. The molecule has 0 saturated heterocycles. The molecule has 2 aromatic heterocycles. The number of benzene rings is 2. The summed E-state index contributed by atoms with van der Waals surface area (Å²) in [6, 6.07) is 13.7. The van der Waals surface area contributed by atoms with Crippen molar-refractivity contribution in [2.45, 2.75) is 20.0 Å². The third-order valence-corrected chi connectivity index (χ3v) is 3.93. The average molecular weight is 321 g/mol. The lowest BCUT2D eigenvalue weighted by atomic mass is 10.0. The van der Waals surface area contributed by atoms with Crippen LogP contribution in [0.1, 0.15) is 17.0 Å². The Labute approximate surface area is 137 Å². The van der Waals surface area contributed by atoms with Crippen LogP contribution in [0, 0.1) is 6.92 Å². The summed E-state index contributed by atoms with van der Waals surface area (Å²) >= 11 is 0. The molecule has 0 aliphatic carbocycles. The van der Waals surface area contributed by atoms with Gasteiger partial charge in [-0.15, -0.1) is 0 Å². The first-order valence-corrected chi connectivity index (χ1v) is 7.66. The van der Waals surface area contributed by atoms with Crippen LogP contribution in [0.15, 0.2) is 57.7 Å². The zero-order chi connectivity index (χ0) is 16.5. The first-order valence-electron chi connectivity index (χ1n) is 7.66. The smallest absolute Gasteiger partial charge is 0.310 e. The fourth-order valence-corrected chi connectivity index (χ4v) is 2.85. The molecule has 0 aliphatic rings. The second kappa shape index (κ2) is 5.85. The molecule has 2 aromatic carbocycles. The van der Waals surface area contributed by atoms with Crippen molar-refractivity contribution < 1.29 is 18.5 Å². The Morgan fingerprint density at radius 2 is 2.08 bits per heavy atom. The highest BCUT2D eigenvalue weighted by atomic mass is 16.5. The Kier molecular flexibility index (Phi) is 3.54. The Bertz CT molecular complexity index is 1030. The highest BCUT2D eigenvalue weighted by Crippen LogP contribution is 2.30. The monoisotopic (exact) mass is 321 g/mol. The largest absolute Gasteiger partial charge is 0.464 e. The average Bonchev–Trinajstić information content (AvgIpc) is 3.19. The van der Waals surface area contributed by atoms with Gasteiger partial charge in [-0.1, -0.05) is 35.5 Å². The topological polar surface area (TPSA) is 65.5 Å². The van der Waals surface area contributed by atoms with Crippen LogP contribution in [0.2, 0.25) is 0 Å². The number of fused-ring (bicyclic) bond motifs is 3. The Hall–Kier alpha value is -3.08. The molecule has 4 aromatic rings. The number of esters is 1. The van der Waals surface area contributed by atoms with E-state index in [4.69, 9.17) is 13.7 Å². The van der Waals surface area contributed by atoms with E-state index in [0.29, 0.717) is 11.5 Å². The van der Waals surface area contributed by atoms with Crippen LogP contribution in [0.3, 0.4) is 0 Å². The van der Waals surface area contributed by atoms with Crippen molar-refractivity contribution in [3.8, 4) is 0 Å². The predicted molar refractivity (Wildman–Crippen MR) is 88.5 cm³/mol. The third-order valence-electron chi connectivity index (χ3n) is 3.93. The van der Waals surface area contributed by atoms with Crippen LogP contribution in [0.25, 0.3) is 21.7 Å². The second-order valence-corrected chi connectivity index (χ2v) is 5.69. The molecule has 0 fully saturated rings. The molecule has 0 amide bonds. The van der Waals surface area contributed by atoms with Crippen molar-refractivity contribution in [2.24, 2.45) is 0 Å². The zero-order valence-corrected chi connectivity index (χ0v) is 13.1. The summed E-state index contributed by atoms with van der Waals surface area (Å²) in [7, 11) is 0. The summed E-state index contributed by atoms with van der Waals surface area (Å²) in [5.41, 5.74) is 2.19. The number of hydrogen-bond acceptors (Lipinski definition) is 5. The standard InChI is InChI=1S/C19H15NO4/c1-12-8-15(20-24-12)11-23-18(21)9-14-10-22-17-7-6-13-4-2-3-5-16(13)19(14)17/h2-8,10H,9,11H2,1H3. The van der Waals surface area contributed by atoms with Gasteiger partial charge in [0.1, 0.15) is 23.6 Å². The van der Waals surface area contributed by atoms with E-state index < -0.39 is 0 Å². The molecule has 0 bridgehead atoms. The van der Waals surface area contributed by atoms with Gasteiger partial charge in [0.2, 0.25) is 0 Å². The molecule has 5 nitrogen and oxygen atoms in total. The molecular weight excluding hydrogens is 306 g/mol. The quantitative estimate of drug-likeness (QED) is 0.528. The van der Waals surface area contributed by atoms with Crippen LogP contribution in [0.5, 0.6) is 0 Å². The molecular formula is C19H15NO4. The van der Waals surface area contributed by atoms with Gasteiger partial charge in [0.25, 0.3) is 0 Å². The molecule has 0 saturated carbocycles. The van der Waals surface area contributed by atoms with Gasteiger partial charge in [-0.2, -0.15) is 0 Å². The van der Waals surface area contributed by atoms with Crippen molar-refractivity contribution in [2.75, 3.05) is 0 Å². The Morgan fingerprint density at radius 1 is 1.21 bits per heavy atom. The second-order valence-electron chi connectivity index (χ2n) is 5.69. The molecule has 5 heteroatoms. The molecule has 24 heavy (non-hydrogen) atoms. The van der Waals surface area contributed by atoms with Crippen LogP contribution < -0.4 is 0 Å². The van der Waals surface area contributed by atoms with Gasteiger partial charge in [0.05, 0.1) is 12.7 Å². The van der Waals surface area contributed by atoms with Gasteiger partial charge in [-0.05, 0) is 23.8 Å². The van der Waals surface area contributed by atoms with E-state index in [-0.39, 0.29) is 19.0 Å². The molecule has 0 radical (unpaired) electrons. The molecule has 0 N–H and O–H groups in total. The van der Waals surface area contributed by atoms with E-state index in [2.05, 4.69) is 5.16 Å². The summed E-state index contributed by atoms with van der Waals surface area (Å²) in [4.78, 5) is 12.1. The maximum absolute atomic E-state index is 12.1. The van der Waals surface area contributed by atoms with E-state index in [1.165, 1.54) is 0 Å². The zero-order valence-electron chi connectivity index (χ0n) is 13.1. The molecule has 2 heterocycles. The van der Waals surface area contributed by atoms with E-state index in [9.17, 15) is 4.79 Å². The first-order chi connectivity index (χ1) is 11.7. The van der Waals surface area contributed by atoms with Crippen LogP contribution in [-0.4, -0.2) is 11.1 Å². The van der Waals surface area contributed by atoms with Gasteiger partial charge >= 0.3 is 5.97 Å². The maximum Gasteiger partial charge on any atom is 0.310 e. The summed E-state index contributed by atoms with van der Waals surface area (Å²) < 4.78 is 15.8. The number of rotatable bonds is 4. The van der Waals surface area contributed by atoms with Crippen molar-refractivity contribution >= 4 is 27.7 Å². The number of hydrogen-bond donors (Lipinski definition) is 0. The van der Waals surface area contributed by atoms with Crippen molar-refractivity contribution in [1.82, 2.24) is 5.16 Å². The van der Waals surface area contributed by atoms with Gasteiger partial charge in [0.15, 0.2) is 0 Å². The summed E-state index contributed by atoms with van der Waals surface area (Å²) in [5, 5.41) is 6.94. The lowest BCUT2D eigenvalue weighted by Crippen LogP contribution is -2.07. The summed E-state index contributed by atoms with van der Waals surface area (Å²) in [6.07, 6.45) is 1.77. The van der Waals surface area contributed by atoms with Crippen molar-refractivity contribution in [3.05, 3.63) is 65.7 Å². The Balaban J connectivity index is 1.58. The number of carbonyl (C=O) groups is 1. The van der Waals surface area contributed by atoms with Gasteiger partial charge in [0, 0.05) is 17.0 Å². The lowest BCUT2D eigenvalue weighted by Gasteiger charge is -2.03. The maximum atomic E-state index is 12.1. The van der Waals surface area contributed by atoms with Crippen LogP contribution in [-0.2, 0) is 22.6 Å². The highest BCUT2D eigenvalue weighted by Gasteiger charge is 2.14. The number of ether oxygens (including phenoxy) is 1. The number of carbonyl (C=O) groups excluding carboxylic acids is 1. The minimum Gasteiger partial charge on any atom is -0.464 e. The number of aryl methyl sites for hydroxylation is 1. The number of nitrogens with zero attached hydrogens (tertiary/aromatic N) is 1. The molecule has 0 aliphatic heterocycles. The molecule has 0 unspecified atom stereocenters. The van der Waals surface area contributed by atoms with Crippen LogP contribution in [0.4, 0.5) is 0 Å². The SMILES string of the molecule is Cc1cc(COC(=O)Cc2coc3ccc4ccccc4c23)no1. The Morgan fingerprint density at radius 3 is 2.92 bits per heavy atom. The lowest BCUT2D eigenvalue weighted by molar-refractivity contribution is -0.144. The van der Waals surface area contributed by atoms with E-state index in [1.54, 1.807) is 19.3 Å². The minimum atomic E-state index is -0.328. The third kappa shape index (κ3) is 2.65. The molecule has 0 spiro atoms. The first kappa shape index (κ1) is 14.5. The summed E-state index contributed by atoms with van der Waals surface area (Å²) in [5.74, 6) is 0.361. The fourth-order valence-electron chi connectivity index (χ4n) is 2.85. The fraction of sp³-hybridized carbons (Fsp3) is 0.158. The van der Waals surface area contributed by atoms with Gasteiger partial charge in [-0.3, -0.25) is 4.79 Å². The van der Waals surface area contributed by atoms with E-state index >= 15 is 0 Å². The molecule has 120 valence electrons. The van der Waals surface area contributed by atoms with Crippen LogP contribution >= 0.6 is 0 Å². The van der Waals surface area contributed by atoms with E-state index in [1.807, 2.05) is 36.4 Å². The highest BCUT2D eigenvalue weighted by molar-refractivity contribution is 6.08. The van der Waals surface area contributed by atoms with Crippen molar-refractivity contribution in [1.29, 1.82) is 0 Å². The number of furan rings is 1. The summed E-state index contributed by atoms with van der Waals surface area (Å²) in [6.45, 7) is 1.90.